The van der Waals surface area contributed by atoms with Crippen LogP contribution in [-0.2, 0) is 0 Å². The topological polar surface area (TPSA) is 68.3 Å². The summed E-state index contributed by atoms with van der Waals surface area (Å²) < 4.78 is 11.2. The second-order valence-corrected chi connectivity index (χ2v) is 5.29. The first-order valence-electron chi connectivity index (χ1n) is 7.24. The number of nitriles is 1. The first kappa shape index (κ1) is 14.7. The summed E-state index contributed by atoms with van der Waals surface area (Å²) in [5.41, 5.74) is 5.45. The normalized spacial score (nSPS) is 25.1. The summed E-state index contributed by atoms with van der Waals surface area (Å²) in [5, 5.41) is 9.18. The standard InChI is InChI=1S/C16H22N2O2/c1-2-19-14-6-3-7-15(11-14)20-10-8-13-5-4-9-16(13,18)12-17/h3,6-7,11,13H,2,4-5,8-10,18H2,1H3. The molecular weight excluding hydrogens is 252 g/mol. The summed E-state index contributed by atoms with van der Waals surface area (Å²) in [5.74, 6) is 1.85. The Balaban J connectivity index is 1.84. The van der Waals surface area contributed by atoms with Crippen LogP contribution in [-0.4, -0.2) is 18.8 Å². The van der Waals surface area contributed by atoms with Crippen LogP contribution < -0.4 is 15.2 Å². The zero-order chi connectivity index (χ0) is 14.4. The van der Waals surface area contributed by atoms with Crippen LogP contribution >= 0.6 is 0 Å². The summed E-state index contributed by atoms with van der Waals surface area (Å²) >= 11 is 0. The van der Waals surface area contributed by atoms with Crippen molar-refractivity contribution in [2.75, 3.05) is 13.2 Å². The van der Waals surface area contributed by atoms with Gasteiger partial charge in [0.15, 0.2) is 0 Å². The van der Waals surface area contributed by atoms with Gasteiger partial charge in [-0.1, -0.05) is 12.5 Å². The SMILES string of the molecule is CCOc1cccc(OCCC2CCCC2(N)C#N)c1. The molecule has 2 rings (SSSR count). The molecule has 1 saturated carbocycles. The first-order valence-corrected chi connectivity index (χ1v) is 7.24. The highest BCUT2D eigenvalue weighted by atomic mass is 16.5. The minimum absolute atomic E-state index is 0.238. The fourth-order valence-corrected chi connectivity index (χ4v) is 2.79. The molecule has 2 unspecified atom stereocenters. The highest BCUT2D eigenvalue weighted by molar-refractivity contribution is 5.32. The third-order valence-electron chi connectivity index (χ3n) is 3.93. The minimum atomic E-state index is -0.656. The van der Waals surface area contributed by atoms with Crippen LogP contribution in [0.2, 0.25) is 0 Å². The van der Waals surface area contributed by atoms with Crippen LogP contribution in [0.25, 0.3) is 0 Å². The molecule has 1 fully saturated rings. The van der Waals surface area contributed by atoms with Gasteiger partial charge in [0.05, 0.1) is 19.3 Å². The van der Waals surface area contributed by atoms with E-state index in [1.807, 2.05) is 31.2 Å². The number of hydrogen-bond donors (Lipinski definition) is 1. The Hall–Kier alpha value is -1.73. The number of rotatable bonds is 6. The molecule has 20 heavy (non-hydrogen) atoms. The Labute approximate surface area is 120 Å². The smallest absolute Gasteiger partial charge is 0.122 e. The van der Waals surface area contributed by atoms with Gasteiger partial charge in [0.25, 0.3) is 0 Å². The molecule has 108 valence electrons. The number of ether oxygens (including phenoxy) is 2. The molecule has 0 radical (unpaired) electrons. The van der Waals surface area contributed by atoms with E-state index in [2.05, 4.69) is 6.07 Å². The molecule has 0 saturated heterocycles. The number of nitrogens with zero attached hydrogens (tertiary/aromatic N) is 1. The van der Waals surface area contributed by atoms with Gasteiger partial charge in [0, 0.05) is 6.07 Å². The van der Waals surface area contributed by atoms with E-state index in [1.165, 1.54) is 0 Å². The quantitative estimate of drug-likeness (QED) is 0.866. The summed E-state index contributed by atoms with van der Waals surface area (Å²) in [6.07, 6.45) is 3.68. The predicted molar refractivity (Wildman–Crippen MR) is 77.6 cm³/mol. The Morgan fingerprint density at radius 2 is 2.15 bits per heavy atom. The number of benzene rings is 1. The predicted octanol–water partition coefficient (Wildman–Crippen LogP) is 2.88. The fraction of sp³-hybridized carbons (Fsp3) is 0.562. The lowest BCUT2D eigenvalue weighted by Gasteiger charge is -2.23. The van der Waals surface area contributed by atoms with E-state index >= 15 is 0 Å². The van der Waals surface area contributed by atoms with E-state index in [-0.39, 0.29) is 5.92 Å². The van der Waals surface area contributed by atoms with Crippen molar-refractivity contribution in [3.05, 3.63) is 24.3 Å². The zero-order valence-corrected chi connectivity index (χ0v) is 12.0. The van der Waals surface area contributed by atoms with Crippen molar-refractivity contribution in [1.29, 1.82) is 5.26 Å². The maximum Gasteiger partial charge on any atom is 0.122 e. The van der Waals surface area contributed by atoms with Crippen LogP contribution in [0.1, 0.15) is 32.6 Å². The molecule has 0 spiro atoms. The monoisotopic (exact) mass is 274 g/mol. The van der Waals surface area contributed by atoms with Gasteiger partial charge in [-0.15, -0.1) is 0 Å². The highest BCUT2D eigenvalue weighted by Crippen LogP contribution is 2.35. The van der Waals surface area contributed by atoms with Crippen molar-refractivity contribution in [3.8, 4) is 17.6 Å². The van der Waals surface area contributed by atoms with Crippen molar-refractivity contribution in [1.82, 2.24) is 0 Å². The largest absolute Gasteiger partial charge is 0.494 e. The van der Waals surface area contributed by atoms with E-state index in [9.17, 15) is 5.26 Å². The van der Waals surface area contributed by atoms with E-state index in [0.29, 0.717) is 13.2 Å². The molecule has 1 aromatic rings. The lowest BCUT2D eigenvalue weighted by atomic mass is 9.87. The molecule has 2 N–H and O–H groups in total. The lowest BCUT2D eigenvalue weighted by molar-refractivity contribution is 0.253. The Bertz CT molecular complexity index is 484. The molecule has 0 aromatic heterocycles. The maximum atomic E-state index is 9.18. The van der Waals surface area contributed by atoms with Gasteiger partial charge >= 0.3 is 0 Å². The third kappa shape index (κ3) is 3.43. The van der Waals surface area contributed by atoms with Crippen molar-refractivity contribution in [2.24, 2.45) is 11.7 Å². The van der Waals surface area contributed by atoms with Crippen molar-refractivity contribution in [2.45, 2.75) is 38.1 Å². The zero-order valence-electron chi connectivity index (χ0n) is 12.0. The van der Waals surface area contributed by atoms with Crippen molar-refractivity contribution >= 4 is 0 Å². The first-order chi connectivity index (χ1) is 9.68. The van der Waals surface area contributed by atoms with E-state index < -0.39 is 5.54 Å². The summed E-state index contributed by atoms with van der Waals surface area (Å²) in [6, 6.07) is 9.89. The van der Waals surface area contributed by atoms with Gasteiger partial charge in [-0.2, -0.15) is 5.26 Å². The van der Waals surface area contributed by atoms with Crippen LogP contribution in [0.15, 0.2) is 24.3 Å². The van der Waals surface area contributed by atoms with Crippen molar-refractivity contribution in [3.63, 3.8) is 0 Å². The van der Waals surface area contributed by atoms with E-state index in [1.54, 1.807) is 0 Å². The van der Waals surface area contributed by atoms with Crippen molar-refractivity contribution < 1.29 is 9.47 Å². The minimum Gasteiger partial charge on any atom is -0.494 e. The second kappa shape index (κ2) is 6.62. The fourth-order valence-electron chi connectivity index (χ4n) is 2.79. The Morgan fingerprint density at radius 1 is 1.40 bits per heavy atom. The Kier molecular flexibility index (Phi) is 4.86. The van der Waals surface area contributed by atoms with Gasteiger partial charge < -0.3 is 15.2 Å². The maximum absolute atomic E-state index is 9.18. The van der Waals surface area contributed by atoms with E-state index in [0.717, 1.165) is 37.2 Å². The van der Waals surface area contributed by atoms with Gasteiger partial charge in [0.1, 0.15) is 17.0 Å². The third-order valence-corrected chi connectivity index (χ3v) is 3.93. The van der Waals surface area contributed by atoms with E-state index in [4.69, 9.17) is 15.2 Å². The van der Waals surface area contributed by atoms with Gasteiger partial charge in [-0.3, -0.25) is 0 Å². The summed E-state index contributed by atoms with van der Waals surface area (Å²) in [4.78, 5) is 0. The molecule has 1 aliphatic rings. The highest BCUT2D eigenvalue weighted by Gasteiger charge is 2.39. The van der Waals surface area contributed by atoms with Gasteiger partial charge in [-0.05, 0) is 44.2 Å². The van der Waals surface area contributed by atoms with Gasteiger partial charge in [0.2, 0.25) is 0 Å². The molecule has 4 heteroatoms. The lowest BCUT2D eigenvalue weighted by Crippen LogP contribution is -2.42. The molecule has 4 nitrogen and oxygen atoms in total. The average molecular weight is 274 g/mol. The molecular formula is C16H22N2O2. The molecule has 0 aliphatic heterocycles. The Morgan fingerprint density at radius 3 is 2.85 bits per heavy atom. The van der Waals surface area contributed by atoms with Crippen LogP contribution in [0.3, 0.4) is 0 Å². The molecule has 1 aromatic carbocycles. The average Bonchev–Trinajstić information content (AvgIpc) is 2.82. The van der Waals surface area contributed by atoms with Crippen LogP contribution in [0, 0.1) is 17.2 Å². The number of hydrogen-bond acceptors (Lipinski definition) is 4. The van der Waals surface area contributed by atoms with Gasteiger partial charge in [-0.25, -0.2) is 0 Å². The molecule has 0 heterocycles. The summed E-state index contributed by atoms with van der Waals surface area (Å²) in [7, 11) is 0. The summed E-state index contributed by atoms with van der Waals surface area (Å²) in [6.45, 7) is 3.18. The second-order valence-electron chi connectivity index (χ2n) is 5.29. The molecule has 2 atom stereocenters. The molecule has 1 aliphatic carbocycles. The molecule has 0 amide bonds. The van der Waals surface area contributed by atoms with Crippen LogP contribution in [0.4, 0.5) is 0 Å². The van der Waals surface area contributed by atoms with Crippen LogP contribution in [0.5, 0.6) is 11.5 Å². The number of nitrogens with two attached hydrogens (primary N) is 1. The molecule has 0 bridgehead atoms.